The van der Waals surface area contributed by atoms with Crippen molar-refractivity contribution in [1.29, 1.82) is 0 Å². The van der Waals surface area contributed by atoms with Gasteiger partial charge in [-0.25, -0.2) is 9.50 Å². The number of aliphatic hydroxyl groups is 1. The predicted molar refractivity (Wildman–Crippen MR) is 99.0 cm³/mol. The van der Waals surface area contributed by atoms with Crippen molar-refractivity contribution in [2.75, 3.05) is 25.0 Å². The summed E-state index contributed by atoms with van der Waals surface area (Å²) in [5.74, 6) is 0.341. The van der Waals surface area contributed by atoms with E-state index in [-0.39, 0.29) is 19.1 Å². The highest BCUT2D eigenvalue weighted by molar-refractivity contribution is 7.20. The summed E-state index contributed by atoms with van der Waals surface area (Å²) in [6.07, 6.45) is 1.78. The highest BCUT2D eigenvalue weighted by Crippen LogP contribution is 2.26. The van der Waals surface area contributed by atoms with E-state index in [1.54, 1.807) is 18.3 Å². The number of anilines is 1. The van der Waals surface area contributed by atoms with Crippen molar-refractivity contribution in [2.24, 2.45) is 5.92 Å². The number of imidazole rings is 1. The number of carbonyl (C=O) groups excluding carboxylic acids is 1. The second-order valence-electron chi connectivity index (χ2n) is 6.08. The van der Waals surface area contributed by atoms with Crippen molar-refractivity contribution in [3.8, 4) is 11.3 Å². The minimum absolute atomic E-state index is 0.0748. The molecule has 25 heavy (non-hydrogen) atoms. The van der Waals surface area contributed by atoms with E-state index in [0.29, 0.717) is 11.5 Å². The molecule has 0 aliphatic carbocycles. The lowest BCUT2D eigenvalue weighted by molar-refractivity contribution is 0.0945. The maximum absolute atomic E-state index is 11.9. The molecule has 8 heteroatoms. The third-order valence-corrected chi connectivity index (χ3v) is 4.47. The number of carbonyl (C=O) groups is 1. The Hall–Kier alpha value is -2.45. The van der Waals surface area contributed by atoms with Crippen LogP contribution in [0.1, 0.15) is 24.2 Å². The maximum atomic E-state index is 11.9. The first kappa shape index (κ1) is 17.4. The summed E-state index contributed by atoms with van der Waals surface area (Å²) in [5, 5.41) is 20.1. The Morgan fingerprint density at radius 3 is 2.76 bits per heavy atom. The topological polar surface area (TPSA) is 91.6 Å². The zero-order chi connectivity index (χ0) is 17.8. The molecule has 3 rings (SSSR count). The lowest BCUT2D eigenvalue weighted by Crippen LogP contribution is -2.26. The van der Waals surface area contributed by atoms with Gasteiger partial charge in [0.1, 0.15) is 0 Å². The van der Waals surface area contributed by atoms with Crippen LogP contribution in [0.4, 0.5) is 5.13 Å². The molecular formula is C17H21N5O2S. The van der Waals surface area contributed by atoms with Gasteiger partial charge in [-0.3, -0.25) is 4.79 Å². The Balaban J connectivity index is 1.80. The van der Waals surface area contributed by atoms with E-state index in [4.69, 9.17) is 5.11 Å². The van der Waals surface area contributed by atoms with Crippen LogP contribution >= 0.6 is 11.3 Å². The molecule has 3 aromatic rings. The van der Waals surface area contributed by atoms with Crippen LogP contribution in [0.3, 0.4) is 0 Å². The Kier molecular flexibility index (Phi) is 5.30. The molecule has 2 heterocycles. The zero-order valence-corrected chi connectivity index (χ0v) is 15.0. The smallest absolute Gasteiger partial charge is 0.251 e. The Morgan fingerprint density at radius 2 is 2.08 bits per heavy atom. The van der Waals surface area contributed by atoms with Gasteiger partial charge < -0.3 is 15.7 Å². The van der Waals surface area contributed by atoms with Gasteiger partial charge >= 0.3 is 0 Å². The standard InChI is InChI=1S/C17H21N5O2S/c1-11(2)9-19-16-21-22-14(10-20-17(22)25-16)12-3-5-13(6-4-12)15(24)18-7-8-23/h3-6,10-11,23H,7-9H2,1-2H3,(H,18,24)(H,19,21). The molecule has 0 bridgehead atoms. The van der Waals surface area contributed by atoms with Crippen LogP contribution in [0.2, 0.25) is 0 Å². The largest absolute Gasteiger partial charge is 0.395 e. The predicted octanol–water partition coefficient (Wildman–Crippen LogP) is 2.25. The van der Waals surface area contributed by atoms with E-state index in [9.17, 15) is 4.79 Å². The minimum atomic E-state index is -0.201. The molecule has 0 radical (unpaired) electrons. The molecule has 0 saturated carbocycles. The molecule has 0 atom stereocenters. The van der Waals surface area contributed by atoms with Gasteiger partial charge in [-0.05, 0) is 18.1 Å². The van der Waals surface area contributed by atoms with Crippen LogP contribution in [0.25, 0.3) is 16.2 Å². The molecule has 2 aromatic heterocycles. The van der Waals surface area contributed by atoms with Crippen molar-refractivity contribution in [3.05, 3.63) is 36.0 Å². The van der Waals surface area contributed by atoms with Gasteiger partial charge in [-0.2, -0.15) is 0 Å². The van der Waals surface area contributed by atoms with E-state index in [1.807, 2.05) is 16.6 Å². The van der Waals surface area contributed by atoms with Crippen LogP contribution in [-0.4, -0.2) is 45.3 Å². The minimum Gasteiger partial charge on any atom is -0.395 e. The third kappa shape index (κ3) is 3.97. The van der Waals surface area contributed by atoms with E-state index in [0.717, 1.165) is 27.9 Å². The third-order valence-electron chi connectivity index (χ3n) is 3.59. The van der Waals surface area contributed by atoms with Gasteiger partial charge in [0.15, 0.2) is 0 Å². The molecule has 132 valence electrons. The fourth-order valence-electron chi connectivity index (χ4n) is 2.32. The van der Waals surface area contributed by atoms with Crippen molar-refractivity contribution in [2.45, 2.75) is 13.8 Å². The number of nitrogens with zero attached hydrogens (tertiary/aromatic N) is 3. The Labute approximate surface area is 149 Å². The van der Waals surface area contributed by atoms with Crippen LogP contribution in [0, 0.1) is 5.92 Å². The van der Waals surface area contributed by atoms with Gasteiger partial charge in [0.2, 0.25) is 10.1 Å². The number of hydrogen-bond donors (Lipinski definition) is 3. The molecule has 0 unspecified atom stereocenters. The first-order valence-corrected chi connectivity index (χ1v) is 8.98. The van der Waals surface area contributed by atoms with Crippen molar-refractivity contribution in [3.63, 3.8) is 0 Å². The quantitative estimate of drug-likeness (QED) is 0.602. The van der Waals surface area contributed by atoms with Gasteiger partial charge in [0.05, 0.1) is 18.5 Å². The molecule has 0 aliphatic rings. The monoisotopic (exact) mass is 359 g/mol. The zero-order valence-electron chi connectivity index (χ0n) is 14.2. The summed E-state index contributed by atoms with van der Waals surface area (Å²) >= 11 is 1.51. The van der Waals surface area contributed by atoms with Crippen LogP contribution in [0.5, 0.6) is 0 Å². The van der Waals surface area contributed by atoms with E-state index in [2.05, 4.69) is 34.6 Å². The molecule has 0 aliphatic heterocycles. The number of hydrogen-bond acceptors (Lipinski definition) is 6. The number of amides is 1. The van der Waals surface area contributed by atoms with Gasteiger partial charge in [0, 0.05) is 24.2 Å². The van der Waals surface area contributed by atoms with Crippen LogP contribution in [-0.2, 0) is 0 Å². The second-order valence-corrected chi connectivity index (χ2v) is 7.03. The summed E-state index contributed by atoms with van der Waals surface area (Å²) in [4.78, 5) is 17.1. The highest BCUT2D eigenvalue weighted by Gasteiger charge is 2.12. The van der Waals surface area contributed by atoms with E-state index >= 15 is 0 Å². The Morgan fingerprint density at radius 1 is 1.32 bits per heavy atom. The number of fused-ring (bicyclic) bond motifs is 1. The highest BCUT2D eigenvalue weighted by atomic mass is 32.1. The van der Waals surface area contributed by atoms with Crippen molar-refractivity contribution >= 4 is 27.3 Å². The maximum Gasteiger partial charge on any atom is 0.251 e. The molecule has 7 nitrogen and oxygen atoms in total. The number of benzene rings is 1. The van der Waals surface area contributed by atoms with Crippen LogP contribution < -0.4 is 10.6 Å². The number of rotatable bonds is 7. The first-order chi connectivity index (χ1) is 12.1. The van der Waals surface area contributed by atoms with E-state index < -0.39 is 0 Å². The average Bonchev–Trinajstić information content (AvgIpc) is 3.18. The van der Waals surface area contributed by atoms with E-state index in [1.165, 1.54) is 11.3 Å². The number of nitrogens with one attached hydrogen (secondary N) is 2. The molecule has 0 fully saturated rings. The summed E-state index contributed by atoms with van der Waals surface area (Å²) in [6, 6.07) is 7.26. The second kappa shape index (κ2) is 7.62. The summed E-state index contributed by atoms with van der Waals surface area (Å²) < 4.78 is 1.81. The molecule has 0 spiro atoms. The number of aliphatic hydroxyl groups excluding tert-OH is 1. The average molecular weight is 359 g/mol. The van der Waals surface area contributed by atoms with Crippen molar-refractivity contribution < 1.29 is 9.90 Å². The fraction of sp³-hybridized carbons (Fsp3) is 0.353. The lowest BCUT2D eigenvalue weighted by Gasteiger charge is -2.05. The van der Waals surface area contributed by atoms with Crippen molar-refractivity contribution in [1.82, 2.24) is 19.9 Å². The summed E-state index contributed by atoms with van der Waals surface area (Å²) in [6.45, 7) is 5.33. The van der Waals surface area contributed by atoms with Crippen LogP contribution in [0.15, 0.2) is 30.5 Å². The molecule has 1 aromatic carbocycles. The molecule has 0 saturated heterocycles. The summed E-state index contributed by atoms with van der Waals surface area (Å²) in [5.41, 5.74) is 2.37. The first-order valence-electron chi connectivity index (χ1n) is 8.16. The lowest BCUT2D eigenvalue weighted by atomic mass is 10.1. The Bertz CT molecular complexity index is 854. The van der Waals surface area contributed by atoms with Gasteiger partial charge in [0.25, 0.3) is 5.91 Å². The fourth-order valence-corrected chi connectivity index (χ4v) is 3.10. The van der Waals surface area contributed by atoms with Gasteiger partial charge in [-0.1, -0.05) is 37.3 Å². The molecule has 1 amide bonds. The normalized spacial score (nSPS) is 11.2. The van der Waals surface area contributed by atoms with Gasteiger partial charge in [-0.15, -0.1) is 5.10 Å². The molecule has 3 N–H and O–H groups in total. The molecular weight excluding hydrogens is 338 g/mol. The summed E-state index contributed by atoms with van der Waals surface area (Å²) in [7, 11) is 0. The SMILES string of the molecule is CC(C)CNc1nn2c(-c3ccc(C(=O)NCCO)cc3)cnc2s1. The number of aromatic nitrogens is 3.